The summed E-state index contributed by atoms with van der Waals surface area (Å²) < 4.78 is 5.37. The van der Waals surface area contributed by atoms with Crippen LogP contribution in [0, 0.1) is 10.8 Å². The highest BCUT2D eigenvalue weighted by molar-refractivity contribution is 6.38. The Bertz CT molecular complexity index is 413. The van der Waals surface area contributed by atoms with Crippen molar-refractivity contribution in [1.29, 1.82) is 10.8 Å². The normalized spacial score (nSPS) is 9.56. The van der Waals surface area contributed by atoms with Crippen molar-refractivity contribution >= 4 is 17.7 Å². The van der Waals surface area contributed by atoms with Crippen LogP contribution in [0.15, 0.2) is 24.3 Å². The van der Waals surface area contributed by atoms with Gasteiger partial charge in [-0.25, -0.2) is 0 Å². The molecule has 0 aliphatic carbocycles. The number of hydrogen-bond donors (Lipinski definition) is 2. The van der Waals surface area contributed by atoms with Gasteiger partial charge in [-0.15, -0.1) is 0 Å². The van der Waals surface area contributed by atoms with Gasteiger partial charge in [-0.1, -0.05) is 12.1 Å². The lowest BCUT2D eigenvalue weighted by atomic mass is 10.2. The molecule has 1 aromatic carbocycles. The summed E-state index contributed by atoms with van der Waals surface area (Å²) in [6, 6.07) is 6.84. The molecule has 0 spiro atoms. The zero-order valence-corrected chi connectivity index (χ0v) is 9.12. The van der Waals surface area contributed by atoms with Gasteiger partial charge in [0.15, 0.2) is 0 Å². The fourth-order valence-electron chi connectivity index (χ4n) is 1.14. The van der Waals surface area contributed by atoms with Crippen LogP contribution in [0.4, 0.5) is 0 Å². The topological polar surface area (TPSA) is 74.0 Å². The molecular weight excluding hydrogens is 204 g/mol. The van der Waals surface area contributed by atoms with E-state index in [9.17, 15) is 4.79 Å². The number of ether oxygens (including phenoxy) is 1. The second-order valence-electron chi connectivity index (χ2n) is 3.39. The largest absolute Gasteiger partial charge is 0.493 e. The van der Waals surface area contributed by atoms with Gasteiger partial charge < -0.3 is 15.6 Å². The molecule has 0 fully saturated rings. The summed E-state index contributed by atoms with van der Waals surface area (Å²) in [5, 5.41) is 14.6. The van der Waals surface area contributed by atoms with E-state index >= 15 is 0 Å². The summed E-state index contributed by atoms with van der Waals surface area (Å²) in [5.74, 6) is 0.611. The van der Waals surface area contributed by atoms with E-state index in [0.29, 0.717) is 24.3 Å². The van der Waals surface area contributed by atoms with Crippen LogP contribution >= 0.6 is 0 Å². The van der Waals surface area contributed by atoms with E-state index in [2.05, 4.69) is 0 Å². The summed E-state index contributed by atoms with van der Waals surface area (Å²) >= 11 is 0. The first-order chi connectivity index (χ1) is 7.63. The summed E-state index contributed by atoms with van der Waals surface area (Å²) in [5.41, 5.74) is 1.09. The molecule has 0 saturated heterocycles. The Morgan fingerprint density at radius 2 is 2.19 bits per heavy atom. The number of carbonyl (C=O) groups excluding carboxylic acids is 1. The van der Waals surface area contributed by atoms with Crippen molar-refractivity contribution in [2.75, 3.05) is 6.61 Å². The minimum atomic E-state index is 0.255. The molecular formula is C12H14N2O2. The van der Waals surface area contributed by atoms with E-state index in [1.165, 1.54) is 0 Å². The van der Waals surface area contributed by atoms with Gasteiger partial charge in [-0.2, -0.15) is 0 Å². The molecule has 1 rings (SSSR count). The second kappa shape index (κ2) is 5.80. The highest BCUT2D eigenvalue weighted by atomic mass is 16.5. The van der Waals surface area contributed by atoms with Gasteiger partial charge in [-0.3, -0.25) is 4.79 Å². The Hall–Kier alpha value is -1.97. The monoisotopic (exact) mass is 218 g/mol. The van der Waals surface area contributed by atoms with Gasteiger partial charge in [0.2, 0.25) is 0 Å². The molecule has 0 bridgehead atoms. The van der Waals surface area contributed by atoms with Crippen molar-refractivity contribution < 1.29 is 9.53 Å². The lowest BCUT2D eigenvalue weighted by Crippen LogP contribution is -2.12. The quantitative estimate of drug-likeness (QED) is 0.568. The molecule has 0 aliphatic rings. The zero-order valence-electron chi connectivity index (χ0n) is 9.12. The fourth-order valence-corrected chi connectivity index (χ4v) is 1.14. The average molecular weight is 218 g/mol. The van der Waals surface area contributed by atoms with Crippen LogP contribution in [0.3, 0.4) is 0 Å². The fraction of sp³-hybridized carbons (Fsp3) is 0.250. The van der Waals surface area contributed by atoms with Crippen molar-refractivity contribution in [1.82, 2.24) is 0 Å². The molecule has 0 aromatic heterocycles. The summed E-state index contributed by atoms with van der Waals surface area (Å²) in [4.78, 5) is 10.5. The van der Waals surface area contributed by atoms with Gasteiger partial charge in [0.1, 0.15) is 12.0 Å². The third kappa shape index (κ3) is 3.65. The van der Waals surface area contributed by atoms with E-state index in [0.717, 1.165) is 6.29 Å². The third-order valence-corrected chi connectivity index (χ3v) is 2.07. The van der Waals surface area contributed by atoms with Crippen LogP contribution in [0.5, 0.6) is 5.75 Å². The summed E-state index contributed by atoms with van der Waals surface area (Å²) in [7, 11) is 0. The lowest BCUT2D eigenvalue weighted by Gasteiger charge is -2.06. The average Bonchev–Trinajstić information content (AvgIpc) is 2.29. The molecule has 0 aliphatic heterocycles. The van der Waals surface area contributed by atoms with Crippen molar-refractivity contribution in [2.45, 2.75) is 13.3 Å². The van der Waals surface area contributed by atoms with Gasteiger partial charge in [0, 0.05) is 17.7 Å². The number of carbonyl (C=O) groups is 1. The SMILES string of the molecule is CC(=N)C(=N)CCOc1cccc(C=O)c1. The molecule has 16 heavy (non-hydrogen) atoms. The molecule has 0 unspecified atom stereocenters. The minimum Gasteiger partial charge on any atom is -0.493 e. The maximum atomic E-state index is 10.5. The number of aldehydes is 1. The standard InChI is InChI=1S/C12H14N2O2/c1-9(13)12(14)5-6-16-11-4-2-3-10(7-11)8-15/h2-4,7-8,13-14H,5-6H2,1H3. The predicted octanol–water partition coefficient (Wildman–Crippen LogP) is 2.33. The Morgan fingerprint density at radius 1 is 1.44 bits per heavy atom. The van der Waals surface area contributed by atoms with Gasteiger partial charge >= 0.3 is 0 Å². The Balaban J connectivity index is 2.45. The second-order valence-corrected chi connectivity index (χ2v) is 3.39. The summed E-state index contributed by atoms with van der Waals surface area (Å²) in [6.07, 6.45) is 1.16. The van der Waals surface area contributed by atoms with Gasteiger partial charge in [-0.05, 0) is 19.1 Å². The van der Waals surface area contributed by atoms with Crippen LogP contribution in [-0.4, -0.2) is 24.3 Å². The van der Waals surface area contributed by atoms with E-state index in [4.69, 9.17) is 15.6 Å². The first-order valence-electron chi connectivity index (χ1n) is 4.94. The molecule has 4 nitrogen and oxygen atoms in total. The third-order valence-electron chi connectivity index (χ3n) is 2.07. The maximum absolute atomic E-state index is 10.5. The molecule has 0 saturated carbocycles. The first-order valence-corrected chi connectivity index (χ1v) is 4.94. The first kappa shape index (κ1) is 12.1. The molecule has 0 radical (unpaired) electrons. The van der Waals surface area contributed by atoms with E-state index in [1.807, 2.05) is 0 Å². The van der Waals surface area contributed by atoms with Gasteiger partial charge in [0.25, 0.3) is 0 Å². The highest BCUT2D eigenvalue weighted by Gasteiger charge is 2.00. The molecule has 84 valence electrons. The van der Waals surface area contributed by atoms with Crippen molar-refractivity contribution in [2.24, 2.45) is 0 Å². The number of nitrogens with one attached hydrogen (secondary N) is 2. The van der Waals surface area contributed by atoms with E-state index < -0.39 is 0 Å². The molecule has 0 atom stereocenters. The molecule has 0 heterocycles. The lowest BCUT2D eigenvalue weighted by molar-refractivity contribution is 0.112. The van der Waals surface area contributed by atoms with E-state index in [-0.39, 0.29) is 11.4 Å². The van der Waals surface area contributed by atoms with Crippen molar-refractivity contribution in [3.8, 4) is 5.75 Å². The molecule has 0 amide bonds. The number of rotatable bonds is 6. The summed E-state index contributed by atoms with van der Waals surface area (Å²) in [6.45, 7) is 1.92. The smallest absolute Gasteiger partial charge is 0.150 e. The molecule has 1 aromatic rings. The Kier molecular flexibility index (Phi) is 4.39. The Morgan fingerprint density at radius 3 is 2.81 bits per heavy atom. The molecule has 2 N–H and O–H groups in total. The van der Waals surface area contributed by atoms with Crippen LogP contribution in [0.1, 0.15) is 23.7 Å². The van der Waals surface area contributed by atoms with Crippen LogP contribution in [-0.2, 0) is 0 Å². The Labute approximate surface area is 94.3 Å². The van der Waals surface area contributed by atoms with Crippen LogP contribution in [0.25, 0.3) is 0 Å². The van der Waals surface area contributed by atoms with E-state index in [1.54, 1.807) is 31.2 Å². The number of hydrogen-bond acceptors (Lipinski definition) is 4. The minimum absolute atomic E-state index is 0.255. The highest BCUT2D eigenvalue weighted by Crippen LogP contribution is 2.12. The zero-order chi connectivity index (χ0) is 12.0. The number of benzene rings is 1. The maximum Gasteiger partial charge on any atom is 0.150 e. The predicted molar refractivity (Wildman–Crippen MR) is 63.1 cm³/mol. The molecule has 4 heteroatoms. The van der Waals surface area contributed by atoms with Crippen molar-refractivity contribution in [3.05, 3.63) is 29.8 Å². The van der Waals surface area contributed by atoms with Gasteiger partial charge in [0.05, 0.1) is 12.3 Å². The van der Waals surface area contributed by atoms with Crippen molar-refractivity contribution in [3.63, 3.8) is 0 Å². The van der Waals surface area contributed by atoms with Crippen LogP contribution in [0.2, 0.25) is 0 Å². The van der Waals surface area contributed by atoms with Crippen LogP contribution < -0.4 is 4.74 Å².